The summed E-state index contributed by atoms with van der Waals surface area (Å²) in [5.74, 6) is 0.715. The lowest BCUT2D eigenvalue weighted by Crippen LogP contribution is -2.57. The number of anilines is 2. The van der Waals surface area contributed by atoms with Crippen LogP contribution < -0.4 is 16.0 Å². The van der Waals surface area contributed by atoms with Crippen LogP contribution in [0.15, 0.2) is 46.4 Å². The maximum atomic E-state index is 6.54. The molecule has 2 heterocycles. The van der Waals surface area contributed by atoms with Crippen molar-refractivity contribution in [1.82, 2.24) is 4.90 Å². The molecule has 0 amide bonds. The average Bonchev–Trinajstić information content (AvgIpc) is 2.73. The van der Waals surface area contributed by atoms with E-state index in [1.54, 1.807) is 36.4 Å². The summed E-state index contributed by atoms with van der Waals surface area (Å²) in [7, 11) is 0. The normalized spacial score (nSPS) is 19.4. The molecule has 2 aliphatic rings. The predicted octanol–water partition coefficient (Wildman–Crippen LogP) is 4.52. The Balaban J connectivity index is 1.79. The molecule has 7 nitrogen and oxygen atoms in total. The number of nitrogens with zero attached hydrogens (tertiary/aromatic N) is 4. The first-order valence-electron chi connectivity index (χ1n) is 9.13. The topological polar surface area (TPSA) is 78.5 Å². The Morgan fingerprint density at radius 3 is 2.37 bits per heavy atom. The van der Waals surface area contributed by atoms with Gasteiger partial charge in [0.05, 0.1) is 34.6 Å². The van der Waals surface area contributed by atoms with Crippen molar-refractivity contribution in [3.8, 4) is 0 Å². The van der Waals surface area contributed by atoms with E-state index in [9.17, 15) is 0 Å². The van der Waals surface area contributed by atoms with E-state index in [2.05, 4.69) is 20.2 Å². The Morgan fingerprint density at radius 2 is 1.63 bits per heavy atom. The number of nitrogens with two attached hydrogens (primary N) is 1. The van der Waals surface area contributed by atoms with Gasteiger partial charge in [-0.05, 0) is 36.4 Å². The van der Waals surface area contributed by atoms with Gasteiger partial charge in [0.15, 0.2) is 0 Å². The highest BCUT2D eigenvalue weighted by molar-refractivity contribution is 6.36. The van der Waals surface area contributed by atoms with Crippen molar-refractivity contribution in [2.75, 3.05) is 36.5 Å². The lowest BCUT2D eigenvalue weighted by molar-refractivity contribution is 0.0671. The van der Waals surface area contributed by atoms with E-state index in [1.165, 1.54) is 0 Å². The first kappa shape index (κ1) is 21.3. The summed E-state index contributed by atoms with van der Waals surface area (Å²) in [6.45, 7) is 2.44. The van der Waals surface area contributed by atoms with Crippen molar-refractivity contribution >= 4 is 69.7 Å². The monoisotopic (exact) mass is 486 g/mol. The fraction of sp³-hybridized carbons (Fsp3) is 0.263. The number of guanidine groups is 2. The summed E-state index contributed by atoms with van der Waals surface area (Å²) < 4.78 is 5.48. The lowest BCUT2D eigenvalue weighted by atomic mass is 10.2. The molecule has 2 aromatic carbocycles. The molecule has 11 heteroatoms. The largest absolute Gasteiger partial charge is 0.378 e. The van der Waals surface area contributed by atoms with E-state index in [0.29, 0.717) is 63.7 Å². The van der Waals surface area contributed by atoms with Crippen molar-refractivity contribution in [2.24, 2.45) is 15.7 Å². The molecule has 0 saturated carbocycles. The Morgan fingerprint density at radius 1 is 0.967 bits per heavy atom. The zero-order valence-electron chi connectivity index (χ0n) is 15.7. The van der Waals surface area contributed by atoms with E-state index in [4.69, 9.17) is 56.9 Å². The molecule has 0 bridgehead atoms. The minimum Gasteiger partial charge on any atom is -0.378 e. The lowest BCUT2D eigenvalue weighted by Gasteiger charge is -2.41. The highest BCUT2D eigenvalue weighted by Crippen LogP contribution is 2.34. The van der Waals surface area contributed by atoms with Crippen molar-refractivity contribution in [1.29, 1.82) is 0 Å². The second-order valence-electron chi connectivity index (χ2n) is 6.61. The first-order chi connectivity index (χ1) is 14.4. The molecular weight excluding hydrogens is 470 g/mol. The van der Waals surface area contributed by atoms with Gasteiger partial charge >= 0.3 is 0 Å². The van der Waals surface area contributed by atoms with E-state index in [1.807, 2.05) is 4.90 Å². The van der Waals surface area contributed by atoms with Gasteiger partial charge in [0.25, 0.3) is 0 Å². The molecule has 30 heavy (non-hydrogen) atoms. The number of rotatable bonds is 3. The molecule has 1 fully saturated rings. The van der Waals surface area contributed by atoms with Crippen molar-refractivity contribution < 1.29 is 4.74 Å². The predicted molar refractivity (Wildman–Crippen MR) is 124 cm³/mol. The number of aliphatic imine (C=N–C) groups is 2. The average molecular weight is 488 g/mol. The Bertz CT molecular complexity index is 1010. The van der Waals surface area contributed by atoms with E-state index >= 15 is 0 Å². The summed E-state index contributed by atoms with van der Waals surface area (Å²) in [5, 5.41) is 5.32. The standard InChI is InChI=1S/C19H18Cl4N6O/c20-11-1-3-13(22)15(9-11)25-18-26-17(24)27-19(28-5-7-30-8-6-28)29(18)16-10-12(21)2-4-14(16)23/h1-4,9-10,18,25H,5-8H2,(H2,24,26). The summed E-state index contributed by atoms with van der Waals surface area (Å²) in [6, 6.07) is 10.3. The molecule has 1 saturated heterocycles. The number of ether oxygens (including phenoxy) is 1. The Kier molecular flexibility index (Phi) is 6.46. The zero-order chi connectivity index (χ0) is 21.3. The third-order valence-electron chi connectivity index (χ3n) is 4.60. The van der Waals surface area contributed by atoms with Crippen LogP contribution in [0.5, 0.6) is 0 Å². The summed E-state index contributed by atoms with van der Waals surface area (Å²) >= 11 is 25.3. The molecule has 1 unspecified atom stereocenters. The smallest absolute Gasteiger partial charge is 0.222 e. The number of benzene rings is 2. The quantitative estimate of drug-likeness (QED) is 0.665. The molecule has 0 spiro atoms. The number of hydrogen-bond acceptors (Lipinski definition) is 7. The van der Waals surface area contributed by atoms with Gasteiger partial charge in [0.2, 0.25) is 18.2 Å². The molecule has 0 radical (unpaired) electrons. The maximum Gasteiger partial charge on any atom is 0.222 e. The van der Waals surface area contributed by atoms with Crippen molar-refractivity contribution in [3.05, 3.63) is 56.5 Å². The van der Waals surface area contributed by atoms with Gasteiger partial charge in [-0.3, -0.25) is 4.90 Å². The van der Waals surface area contributed by atoms with Crippen LogP contribution in [-0.4, -0.2) is 49.4 Å². The summed E-state index contributed by atoms with van der Waals surface area (Å²) in [4.78, 5) is 12.9. The molecule has 2 aromatic rings. The Hall–Kier alpha value is -1.90. The van der Waals surface area contributed by atoms with Crippen LogP contribution in [-0.2, 0) is 4.74 Å². The molecule has 1 atom stereocenters. The van der Waals surface area contributed by atoms with Gasteiger partial charge in [0.1, 0.15) is 0 Å². The second-order valence-corrected chi connectivity index (χ2v) is 8.29. The number of halogens is 4. The van der Waals surface area contributed by atoms with Gasteiger partial charge < -0.3 is 20.7 Å². The van der Waals surface area contributed by atoms with Gasteiger partial charge in [-0.1, -0.05) is 46.4 Å². The van der Waals surface area contributed by atoms with Crippen LogP contribution in [0.4, 0.5) is 11.4 Å². The number of nitrogens with one attached hydrogen (secondary N) is 1. The summed E-state index contributed by atoms with van der Waals surface area (Å²) in [6.07, 6.45) is -0.688. The van der Waals surface area contributed by atoms with E-state index in [-0.39, 0.29) is 5.96 Å². The molecule has 0 aliphatic carbocycles. The third-order valence-corrected chi connectivity index (χ3v) is 5.72. The maximum absolute atomic E-state index is 6.54. The highest BCUT2D eigenvalue weighted by atomic mass is 35.5. The van der Waals surface area contributed by atoms with Crippen LogP contribution >= 0.6 is 46.4 Å². The minimum atomic E-state index is -0.688. The fourth-order valence-electron chi connectivity index (χ4n) is 3.22. The molecule has 2 aliphatic heterocycles. The van der Waals surface area contributed by atoms with E-state index in [0.717, 1.165) is 0 Å². The van der Waals surface area contributed by atoms with Crippen LogP contribution in [0.2, 0.25) is 20.1 Å². The highest BCUT2D eigenvalue weighted by Gasteiger charge is 2.33. The van der Waals surface area contributed by atoms with E-state index < -0.39 is 6.29 Å². The third kappa shape index (κ3) is 4.55. The Labute approximate surface area is 194 Å². The van der Waals surface area contributed by atoms with Crippen LogP contribution in [0.3, 0.4) is 0 Å². The zero-order valence-corrected chi connectivity index (χ0v) is 18.7. The molecule has 0 aromatic heterocycles. The fourth-order valence-corrected chi connectivity index (χ4v) is 3.94. The molecule has 158 valence electrons. The van der Waals surface area contributed by atoms with Crippen LogP contribution in [0, 0.1) is 0 Å². The SMILES string of the molecule is NC1=NC(Nc2cc(Cl)ccc2Cl)N(c2cc(Cl)ccc2Cl)C(N2CCOCC2)=N1. The van der Waals surface area contributed by atoms with Gasteiger partial charge in [0, 0.05) is 23.1 Å². The molecule has 3 N–H and O–H groups in total. The number of morpholine rings is 1. The van der Waals surface area contributed by atoms with Crippen molar-refractivity contribution in [2.45, 2.75) is 6.29 Å². The van der Waals surface area contributed by atoms with Crippen LogP contribution in [0.25, 0.3) is 0 Å². The first-order valence-corrected chi connectivity index (χ1v) is 10.6. The van der Waals surface area contributed by atoms with Gasteiger partial charge in [-0.15, -0.1) is 0 Å². The minimum absolute atomic E-state index is 0.126. The second kappa shape index (κ2) is 9.08. The molecular formula is C19H18Cl4N6O. The van der Waals surface area contributed by atoms with Gasteiger partial charge in [-0.25, -0.2) is 4.99 Å². The number of hydrogen-bond donors (Lipinski definition) is 2. The molecule has 4 rings (SSSR count). The van der Waals surface area contributed by atoms with Crippen molar-refractivity contribution in [3.63, 3.8) is 0 Å². The van der Waals surface area contributed by atoms with Crippen LogP contribution in [0.1, 0.15) is 0 Å². The van der Waals surface area contributed by atoms with Gasteiger partial charge in [-0.2, -0.15) is 4.99 Å². The summed E-state index contributed by atoms with van der Waals surface area (Å²) in [5.41, 5.74) is 7.29.